The molecular formula is C27H20ClN3O2S. The number of hydrogen-bond donors (Lipinski definition) is 2. The molecule has 0 atom stereocenters. The molecule has 0 saturated heterocycles. The van der Waals surface area contributed by atoms with Crippen LogP contribution in [-0.4, -0.2) is 18.0 Å². The second kappa shape index (κ2) is 9.17. The Kier molecular flexibility index (Phi) is 5.92. The summed E-state index contributed by atoms with van der Waals surface area (Å²) in [5.74, 6) is 0.216. The second-order valence-electron chi connectivity index (χ2n) is 7.62. The first-order chi connectivity index (χ1) is 16.5. The second-order valence-corrected chi connectivity index (χ2v) is 9.02. The van der Waals surface area contributed by atoms with Crippen molar-refractivity contribution < 1.29 is 9.53 Å². The van der Waals surface area contributed by atoms with E-state index in [0.29, 0.717) is 31.9 Å². The number of nitrogens with two attached hydrogens (primary N) is 1. The highest BCUT2D eigenvalue weighted by molar-refractivity contribution is 7.21. The lowest BCUT2D eigenvalue weighted by molar-refractivity contribution is 0.103. The van der Waals surface area contributed by atoms with Gasteiger partial charge in [-0.05, 0) is 35.4 Å². The number of amides is 1. The molecular weight excluding hydrogens is 466 g/mol. The molecule has 34 heavy (non-hydrogen) atoms. The monoisotopic (exact) mass is 485 g/mol. The summed E-state index contributed by atoms with van der Waals surface area (Å²) in [6, 6.07) is 27.0. The molecule has 0 bridgehead atoms. The largest absolute Gasteiger partial charge is 0.495 e. The number of aromatic nitrogens is 1. The topological polar surface area (TPSA) is 77.2 Å². The molecule has 5 nitrogen and oxygen atoms in total. The molecule has 0 fully saturated rings. The maximum Gasteiger partial charge on any atom is 0.267 e. The number of fused-ring (bicyclic) bond motifs is 1. The molecule has 168 valence electrons. The van der Waals surface area contributed by atoms with E-state index in [1.807, 2.05) is 66.7 Å². The number of nitrogens with zero attached hydrogens (tertiary/aromatic N) is 1. The van der Waals surface area contributed by atoms with Crippen molar-refractivity contribution in [2.75, 3.05) is 18.2 Å². The van der Waals surface area contributed by atoms with Gasteiger partial charge in [0, 0.05) is 16.6 Å². The molecule has 0 aliphatic rings. The number of pyridine rings is 1. The van der Waals surface area contributed by atoms with Gasteiger partial charge in [0.1, 0.15) is 15.5 Å². The van der Waals surface area contributed by atoms with Crippen molar-refractivity contribution in [1.82, 2.24) is 4.98 Å². The first-order valence-corrected chi connectivity index (χ1v) is 11.7. The molecule has 2 aromatic heterocycles. The lowest BCUT2D eigenvalue weighted by Gasteiger charge is -2.09. The van der Waals surface area contributed by atoms with E-state index in [9.17, 15) is 4.79 Å². The summed E-state index contributed by atoms with van der Waals surface area (Å²) in [7, 11) is 1.54. The normalized spacial score (nSPS) is 10.9. The third-order valence-corrected chi connectivity index (χ3v) is 6.86. The summed E-state index contributed by atoms with van der Waals surface area (Å²) in [5, 5.41) is 4.06. The van der Waals surface area contributed by atoms with Gasteiger partial charge in [-0.15, -0.1) is 11.3 Å². The van der Waals surface area contributed by atoms with E-state index in [1.54, 1.807) is 25.3 Å². The van der Waals surface area contributed by atoms with Crippen LogP contribution >= 0.6 is 22.9 Å². The van der Waals surface area contributed by atoms with Gasteiger partial charge < -0.3 is 15.8 Å². The number of carbonyl (C=O) groups excluding carboxylic acids is 1. The maximum absolute atomic E-state index is 13.2. The number of thiophene rings is 1. The summed E-state index contributed by atoms with van der Waals surface area (Å²) >= 11 is 7.49. The fraction of sp³-hybridized carbons (Fsp3) is 0.0370. The first-order valence-electron chi connectivity index (χ1n) is 10.5. The molecule has 2 heterocycles. The van der Waals surface area contributed by atoms with Crippen LogP contribution in [-0.2, 0) is 0 Å². The molecule has 0 saturated carbocycles. The predicted octanol–water partition coefficient (Wildman–Crippen LogP) is 7.13. The standard InChI is InChI=1S/C27H20ClN3O2S/c1-33-22-13-12-18(14-20(22)28)30-26(32)25-24(29)23-19(16-8-4-2-5-9-16)15-21(31-27(23)34-25)17-10-6-3-7-11-17/h2-15H,29H2,1H3,(H,30,32). The first kappa shape index (κ1) is 21.9. The average molecular weight is 486 g/mol. The van der Waals surface area contributed by atoms with Gasteiger partial charge in [-0.2, -0.15) is 0 Å². The Morgan fingerprint density at radius 2 is 1.65 bits per heavy atom. The minimum atomic E-state index is -0.318. The van der Waals surface area contributed by atoms with Crippen molar-refractivity contribution in [3.63, 3.8) is 0 Å². The van der Waals surface area contributed by atoms with E-state index < -0.39 is 0 Å². The minimum Gasteiger partial charge on any atom is -0.495 e. The number of methoxy groups -OCH3 is 1. The molecule has 1 amide bonds. The van der Waals surface area contributed by atoms with Crippen molar-refractivity contribution in [1.29, 1.82) is 0 Å². The van der Waals surface area contributed by atoms with Crippen molar-refractivity contribution in [3.8, 4) is 28.1 Å². The highest BCUT2D eigenvalue weighted by Crippen LogP contribution is 2.41. The predicted molar refractivity (Wildman–Crippen MR) is 141 cm³/mol. The van der Waals surface area contributed by atoms with E-state index in [2.05, 4.69) is 5.32 Å². The Hall–Kier alpha value is -3.87. The van der Waals surface area contributed by atoms with E-state index >= 15 is 0 Å². The van der Waals surface area contributed by atoms with Crippen LogP contribution in [0.3, 0.4) is 0 Å². The number of hydrogen-bond acceptors (Lipinski definition) is 5. The van der Waals surface area contributed by atoms with Gasteiger partial charge in [-0.25, -0.2) is 4.98 Å². The number of benzene rings is 3. The summed E-state index contributed by atoms with van der Waals surface area (Å²) in [6.07, 6.45) is 0. The minimum absolute atomic E-state index is 0.318. The van der Waals surface area contributed by atoms with Crippen LogP contribution in [0.25, 0.3) is 32.6 Å². The quantitative estimate of drug-likeness (QED) is 0.277. The Morgan fingerprint density at radius 1 is 0.971 bits per heavy atom. The summed E-state index contributed by atoms with van der Waals surface area (Å²) in [6.45, 7) is 0. The van der Waals surface area contributed by atoms with Gasteiger partial charge in [0.05, 0.1) is 23.5 Å². The third kappa shape index (κ3) is 4.09. The zero-order valence-electron chi connectivity index (χ0n) is 18.2. The van der Waals surface area contributed by atoms with Gasteiger partial charge in [0.15, 0.2) is 0 Å². The molecule has 0 spiro atoms. The highest BCUT2D eigenvalue weighted by Gasteiger charge is 2.22. The molecule has 0 aliphatic heterocycles. The van der Waals surface area contributed by atoms with Crippen molar-refractivity contribution in [2.24, 2.45) is 0 Å². The number of ether oxygens (including phenoxy) is 1. The molecule has 3 N–H and O–H groups in total. The fourth-order valence-corrected chi connectivity index (χ4v) is 5.10. The zero-order valence-corrected chi connectivity index (χ0v) is 19.8. The van der Waals surface area contributed by atoms with Crippen LogP contribution in [0.15, 0.2) is 84.9 Å². The van der Waals surface area contributed by atoms with Crippen LogP contribution in [0.2, 0.25) is 5.02 Å². The number of anilines is 2. The van der Waals surface area contributed by atoms with Gasteiger partial charge in [-0.3, -0.25) is 4.79 Å². The molecule has 5 rings (SSSR count). The number of rotatable bonds is 5. The maximum atomic E-state index is 13.2. The van der Waals surface area contributed by atoms with Crippen LogP contribution < -0.4 is 15.8 Å². The van der Waals surface area contributed by atoms with Crippen LogP contribution in [0.5, 0.6) is 5.75 Å². The van der Waals surface area contributed by atoms with E-state index in [1.165, 1.54) is 11.3 Å². The van der Waals surface area contributed by atoms with Gasteiger partial charge in [0.2, 0.25) is 0 Å². The number of carbonyl (C=O) groups is 1. The Labute approximate surface area is 205 Å². The van der Waals surface area contributed by atoms with Crippen molar-refractivity contribution >= 4 is 50.4 Å². The SMILES string of the molecule is COc1ccc(NC(=O)c2sc3nc(-c4ccccc4)cc(-c4ccccc4)c3c2N)cc1Cl. The van der Waals surface area contributed by atoms with Crippen LogP contribution in [0.4, 0.5) is 11.4 Å². The number of halogens is 1. The fourth-order valence-electron chi connectivity index (χ4n) is 3.82. The number of nitrogens with one attached hydrogen (secondary N) is 1. The van der Waals surface area contributed by atoms with Gasteiger partial charge in [0.25, 0.3) is 5.91 Å². The zero-order chi connectivity index (χ0) is 23.7. The summed E-state index contributed by atoms with van der Waals surface area (Å²) in [4.78, 5) is 19.2. The summed E-state index contributed by atoms with van der Waals surface area (Å²) < 4.78 is 5.18. The Balaban J connectivity index is 1.62. The lowest BCUT2D eigenvalue weighted by Crippen LogP contribution is -2.12. The molecule has 5 aromatic rings. The van der Waals surface area contributed by atoms with Crippen LogP contribution in [0.1, 0.15) is 9.67 Å². The third-order valence-electron chi connectivity index (χ3n) is 5.47. The average Bonchev–Trinajstić information content (AvgIpc) is 3.21. The van der Waals surface area contributed by atoms with Crippen LogP contribution in [0, 0.1) is 0 Å². The molecule has 7 heteroatoms. The molecule has 0 unspecified atom stereocenters. The Bertz CT molecular complexity index is 1500. The van der Waals surface area contributed by atoms with Crippen molar-refractivity contribution in [2.45, 2.75) is 0 Å². The highest BCUT2D eigenvalue weighted by atomic mass is 35.5. The molecule has 0 radical (unpaired) electrons. The number of nitrogen functional groups attached to an aromatic ring is 1. The van der Waals surface area contributed by atoms with Gasteiger partial charge >= 0.3 is 0 Å². The van der Waals surface area contributed by atoms with Crippen molar-refractivity contribution in [3.05, 3.63) is 94.8 Å². The summed E-state index contributed by atoms with van der Waals surface area (Å²) in [5.41, 5.74) is 11.3. The smallest absolute Gasteiger partial charge is 0.267 e. The van der Waals surface area contributed by atoms with E-state index in [0.717, 1.165) is 27.8 Å². The van der Waals surface area contributed by atoms with E-state index in [4.69, 9.17) is 27.1 Å². The van der Waals surface area contributed by atoms with E-state index in [-0.39, 0.29) is 5.91 Å². The lowest BCUT2D eigenvalue weighted by atomic mass is 9.99. The van der Waals surface area contributed by atoms with Gasteiger partial charge in [-0.1, -0.05) is 72.3 Å². The molecule has 3 aromatic carbocycles. The molecule has 0 aliphatic carbocycles. The Morgan fingerprint density at radius 3 is 2.29 bits per heavy atom.